The van der Waals surface area contributed by atoms with E-state index in [2.05, 4.69) is 89.5 Å². The molecule has 9 nitrogen and oxygen atoms in total. The third-order valence-electron chi connectivity index (χ3n) is 9.17. The van der Waals surface area contributed by atoms with Crippen LogP contribution in [0.5, 0.6) is 6.01 Å². The molecule has 0 N–H and O–H groups in total. The van der Waals surface area contributed by atoms with Crippen LogP contribution in [0.4, 0.5) is 11.5 Å². The second kappa shape index (κ2) is 11.8. The second-order valence-electron chi connectivity index (χ2n) is 12.8. The fraction of sp³-hybridized carbons (Fsp3) is 0.471. The number of carbonyl (C=O) groups excluding carboxylic acids is 1. The molecule has 0 aliphatic carbocycles. The van der Waals surface area contributed by atoms with Crippen LogP contribution in [0.3, 0.4) is 0 Å². The molecule has 0 saturated carbocycles. The van der Waals surface area contributed by atoms with Gasteiger partial charge in [0, 0.05) is 55.4 Å². The molecule has 1 amide bonds. The average Bonchev–Trinajstić information content (AvgIpc) is 3.29. The molecule has 0 spiro atoms. The van der Waals surface area contributed by atoms with Crippen LogP contribution < -0.4 is 14.5 Å². The number of anilines is 2. The van der Waals surface area contributed by atoms with Crippen LogP contribution in [0.1, 0.15) is 31.5 Å². The molecule has 4 heterocycles. The van der Waals surface area contributed by atoms with Crippen LogP contribution >= 0.6 is 0 Å². The SMILES string of the molecule is [C-]#[N+]C[C@H]1CN(c2nc(OC[C@@H]3CC(C)(C)CN3C)nc3c2CCN(c2cccc4ccccc24)C3)CCN1C(=O)C=C. The standard InChI is InChI=1S/C34H41N7O2/c1-6-31(42)41-17-16-40(20-26(41)19-35-4)32-28-14-15-39(30-13-9-11-24-10-7-8-12-27(24)30)21-29(28)36-33(37-32)43-22-25-18-34(2,3)23-38(25)5/h6-13,25-26H,1,14-23H2,2-3,5H3/t25-,26-/m0/s1. The lowest BCUT2D eigenvalue weighted by molar-refractivity contribution is -0.128. The van der Waals surface area contributed by atoms with Crippen molar-refractivity contribution in [1.82, 2.24) is 19.8 Å². The summed E-state index contributed by atoms with van der Waals surface area (Å²) in [6.45, 7) is 20.8. The van der Waals surface area contributed by atoms with E-state index in [0.717, 1.165) is 43.0 Å². The first-order valence-corrected chi connectivity index (χ1v) is 15.2. The zero-order valence-corrected chi connectivity index (χ0v) is 25.5. The Hall–Kier alpha value is -4.16. The van der Waals surface area contributed by atoms with E-state index in [-0.39, 0.29) is 23.9 Å². The van der Waals surface area contributed by atoms with Gasteiger partial charge in [0.15, 0.2) is 0 Å². The topological polar surface area (TPSA) is 69.4 Å². The maximum absolute atomic E-state index is 12.6. The summed E-state index contributed by atoms with van der Waals surface area (Å²) in [6, 6.07) is 15.4. The summed E-state index contributed by atoms with van der Waals surface area (Å²) in [6.07, 6.45) is 3.20. The predicted molar refractivity (Wildman–Crippen MR) is 170 cm³/mol. The zero-order valence-electron chi connectivity index (χ0n) is 25.5. The van der Waals surface area contributed by atoms with Crippen molar-refractivity contribution < 1.29 is 9.53 Å². The molecule has 6 rings (SSSR count). The smallest absolute Gasteiger partial charge is 0.318 e. The molecule has 3 aromatic rings. The van der Waals surface area contributed by atoms with Gasteiger partial charge in [0.05, 0.1) is 12.2 Å². The van der Waals surface area contributed by atoms with Gasteiger partial charge in [-0.25, -0.2) is 6.57 Å². The average molecular weight is 580 g/mol. The van der Waals surface area contributed by atoms with E-state index >= 15 is 0 Å². The van der Waals surface area contributed by atoms with Crippen LogP contribution in [0.15, 0.2) is 55.1 Å². The molecule has 9 heteroatoms. The van der Waals surface area contributed by atoms with Crippen molar-refractivity contribution in [3.05, 3.63) is 77.8 Å². The minimum absolute atomic E-state index is 0.128. The number of likely N-dealkylation sites (N-methyl/N-ethyl adjacent to an activating group) is 1. The molecule has 2 saturated heterocycles. The van der Waals surface area contributed by atoms with Gasteiger partial charge < -0.3 is 24.3 Å². The summed E-state index contributed by atoms with van der Waals surface area (Å²) >= 11 is 0. The highest BCUT2D eigenvalue weighted by atomic mass is 16.5. The molecule has 224 valence electrons. The normalized spacial score (nSPS) is 21.9. The largest absolute Gasteiger partial charge is 0.462 e. The van der Waals surface area contributed by atoms with Gasteiger partial charge in [-0.3, -0.25) is 9.69 Å². The Morgan fingerprint density at radius 1 is 1.12 bits per heavy atom. The van der Waals surface area contributed by atoms with E-state index in [1.165, 1.54) is 22.5 Å². The number of carbonyl (C=O) groups is 1. The van der Waals surface area contributed by atoms with Gasteiger partial charge in [-0.05, 0) is 42.8 Å². The monoisotopic (exact) mass is 579 g/mol. The van der Waals surface area contributed by atoms with Gasteiger partial charge in [-0.1, -0.05) is 56.8 Å². The Labute approximate surface area is 254 Å². The van der Waals surface area contributed by atoms with Crippen LogP contribution in [-0.2, 0) is 17.8 Å². The number of fused-ring (bicyclic) bond motifs is 2. The molecular formula is C34H41N7O2. The highest BCUT2D eigenvalue weighted by Crippen LogP contribution is 2.36. The zero-order chi connectivity index (χ0) is 30.1. The van der Waals surface area contributed by atoms with Crippen molar-refractivity contribution in [3.8, 4) is 6.01 Å². The number of hydrogen-bond acceptors (Lipinski definition) is 7. The fourth-order valence-corrected chi connectivity index (χ4v) is 7.14. The molecule has 0 bridgehead atoms. The number of piperazine rings is 1. The van der Waals surface area contributed by atoms with Gasteiger partial charge in [0.2, 0.25) is 12.5 Å². The first-order chi connectivity index (χ1) is 20.8. The van der Waals surface area contributed by atoms with Crippen LogP contribution in [0.2, 0.25) is 0 Å². The van der Waals surface area contributed by atoms with Gasteiger partial charge in [-0.2, -0.15) is 9.97 Å². The molecule has 2 fully saturated rings. The minimum Gasteiger partial charge on any atom is -0.462 e. The summed E-state index contributed by atoms with van der Waals surface area (Å²) in [4.78, 5) is 35.0. The number of ether oxygens (including phenoxy) is 1. The summed E-state index contributed by atoms with van der Waals surface area (Å²) in [5.74, 6) is 0.745. The Morgan fingerprint density at radius 2 is 1.93 bits per heavy atom. The lowest BCUT2D eigenvalue weighted by atomic mass is 9.91. The maximum atomic E-state index is 12.6. The van der Waals surface area contributed by atoms with Crippen LogP contribution in [0.25, 0.3) is 15.6 Å². The molecule has 1 aromatic heterocycles. The summed E-state index contributed by atoms with van der Waals surface area (Å²) in [5.41, 5.74) is 3.57. The van der Waals surface area contributed by atoms with Gasteiger partial charge in [0.25, 0.3) is 0 Å². The van der Waals surface area contributed by atoms with E-state index < -0.39 is 0 Å². The van der Waals surface area contributed by atoms with E-state index in [9.17, 15) is 4.79 Å². The van der Waals surface area contributed by atoms with E-state index in [1.807, 2.05) is 0 Å². The molecule has 0 radical (unpaired) electrons. The molecule has 43 heavy (non-hydrogen) atoms. The van der Waals surface area contributed by atoms with Crippen molar-refractivity contribution in [2.75, 3.05) is 62.7 Å². The first-order valence-electron chi connectivity index (χ1n) is 15.2. The quantitative estimate of drug-likeness (QED) is 0.303. The number of hydrogen-bond donors (Lipinski definition) is 0. The molecule has 2 atom stereocenters. The molecular weight excluding hydrogens is 538 g/mol. The Morgan fingerprint density at radius 3 is 2.70 bits per heavy atom. The van der Waals surface area contributed by atoms with Crippen molar-refractivity contribution in [2.45, 2.75) is 45.3 Å². The summed E-state index contributed by atoms with van der Waals surface area (Å²) < 4.78 is 6.38. The number of nitrogens with zero attached hydrogens (tertiary/aromatic N) is 7. The highest BCUT2D eigenvalue weighted by molar-refractivity contribution is 5.94. The number of aromatic nitrogens is 2. The fourth-order valence-electron chi connectivity index (χ4n) is 7.14. The van der Waals surface area contributed by atoms with E-state index in [0.29, 0.717) is 44.8 Å². The van der Waals surface area contributed by atoms with E-state index in [4.69, 9.17) is 21.3 Å². The second-order valence-corrected chi connectivity index (χ2v) is 12.8. The van der Waals surface area contributed by atoms with Gasteiger partial charge in [-0.15, -0.1) is 0 Å². The van der Waals surface area contributed by atoms with Gasteiger partial charge >= 0.3 is 6.01 Å². The Kier molecular flexibility index (Phi) is 7.97. The van der Waals surface area contributed by atoms with Gasteiger partial charge in [0.1, 0.15) is 18.5 Å². The Balaban J connectivity index is 1.32. The number of rotatable bonds is 7. The van der Waals surface area contributed by atoms with Crippen LogP contribution in [0, 0.1) is 12.0 Å². The third-order valence-corrected chi connectivity index (χ3v) is 9.17. The minimum atomic E-state index is -0.225. The Bertz CT molecular complexity index is 1560. The van der Waals surface area contributed by atoms with Crippen LogP contribution in [-0.4, -0.2) is 90.7 Å². The van der Waals surface area contributed by atoms with Crippen molar-refractivity contribution in [3.63, 3.8) is 0 Å². The van der Waals surface area contributed by atoms with E-state index in [1.54, 1.807) is 4.90 Å². The lowest BCUT2D eigenvalue weighted by Gasteiger charge is -2.41. The first kappa shape index (κ1) is 28.9. The molecule has 3 aliphatic heterocycles. The number of likely N-dealkylation sites (tertiary alicyclic amines) is 1. The number of benzene rings is 2. The molecule has 0 unspecified atom stereocenters. The highest BCUT2D eigenvalue weighted by Gasteiger charge is 2.37. The lowest BCUT2D eigenvalue weighted by Crippen LogP contribution is -2.56. The molecule has 3 aliphatic rings. The predicted octanol–water partition coefficient (Wildman–Crippen LogP) is 4.42. The van der Waals surface area contributed by atoms with Crippen molar-refractivity contribution in [1.29, 1.82) is 0 Å². The third kappa shape index (κ3) is 5.89. The number of amides is 1. The summed E-state index contributed by atoms with van der Waals surface area (Å²) in [5, 5.41) is 2.45. The van der Waals surface area contributed by atoms with Crippen molar-refractivity contribution in [2.24, 2.45) is 5.41 Å². The van der Waals surface area contributed by atoms with Crippen molar-refractivity contribution >= 4 is 28.2 Å². The summed E-state index contributed by atoms with van der Waals surface area (Å²) in [7, 11) is 2.16. The molecule has 2 aromatic carbocycles. The maximum Gasteiger partial charge on any atom is 0.318 e.